The van der Waals surface area contributed by atoms with Crippen molar-refractivity contribution >= 4 is 49.2 Å². The Bertz CT molecular complexity index is 650. The van der Waals surface area contributed by atoms with Gasteiger partial charge in [-0.25, -0.2) is 8.42 Å². The van der Waals surface area contributed by atoms with Crippen molar-refractivity contribution in [1.82, 2.24) is 9.62 Å². The van der Waals surface area contributed by atoms with E-state index < -0.39 is 34.5 Å². The second kappa shape index (κ2) is 5.43. The summed E-state index contributed by atoms with van der Waals surface area (Å²) in [6.07, 6.45) is 0. The Morgan fingerprint density at radius 3 is 2.75 bits per heavy atom. The monoisotopic (exact) mass is 382 g/mol. The number of carbonyl (C=O) groups is 2. The van der Waals surface area contributed by atoms with Crippen LogP contribution in [-0.4, -0.2) is 48.8 Å². The van der Waals surface area contributed by atoms with Crippen LogP contribution in [-0.2, 0) is 19.6 Å². The Labute approximate surface area is 127 Å². The third-order valence-corrected chi connectivity index (χ3v) is 7.26. The van der Waals surface area contributed by atoms with Crippen molar-refractivity contribution in [2.45, 2.75) is 17.2 Å². The summed E-state index contributed by atoms with van der Waals surface area (Å²) in [5.41, 5.74) is 0.738. The number of carboxylic acids is 1. The van der Waals surface area contributed by atoms with Crippen molar-refractivity contribution < 1.29 is 23.1 Å². The molecule has 1 fully saturated rings. The highest BCUT2D eigenvalue weighted by Gasteiger charge is 2.41. The molecule has 20 heavy (non-hydrogen) atoms. The van der Waals surface area contributed by atoms with E-state index in [-0.39, 0.29) is 10.8 Å². The van der Waals surface area contributed by atoms with Crippen LogP contribution in [0.3, 0.4) is 0 Å². The molecule has 0 aromatic carbocycles. The van der Waals surface area contributed by atoms with Crippen molar-refractivity contribution in [3.63, 3.8) is 0 Å². The smallest absolute Gasteiger partial charge is 0.323 e. The molecule has 0 radical (unpaired) electrons. The number of amides is 1. The molecule has 1 saturated heterocycles. The van der Waals surface area contributed by atoms with Crippen LogP contribution in [0.4, 0.5) is 0 Å². The fourth-order valence-electron chi connectivity index (χ4n) is 1.76. The van der Waals surface area contributed by atoms with Crippen LogP contribution >= 0.6 is 27.3 Å². The van der Waals surface area contributed by atoms with Gasteiger partial charge in [-0.2, -0.15) is 4.31 Å². The number of hydrogen-bond acceptors (Lipinski definition) is 5. The van der Waals surface area contributed by atoms with Crippen LogP contribution in [0.5, 0.6) is 0 Å². The SMILES string of the molecule is Cc1cc(S(=O)(=O)N2CC(=O)NCC2C(=O)O)sc1Br. The maximum atomic E-state index is 12.5. The standard InChI is InChI=1S/C10H11BrN2O5S2/c1-5-2-8(19-9(5)11)20(17,18)13-4-7(14)12-3-6(13)10(15)16/h2,6H,3-4H2,1H3,(H,12,14)(H,15,16). The number of hydrogen-bond donors (Lipinski definition) is 2. The van der Waals surface area contributed by atoms with Crippen molar-refractivity contribution in [3.05, 3.63) is 15.4 Å². The van der Waals surface area contributed by atoms with Gasteiger partial charge in [0.05, 0.1) is 10.3 Å². The number of sulfonamides is 1. The number of carboxylic acid groups (broad SMARTS) is 1. The summed E-state index contributed by atoms with van der Waals surface area (Å²) in [7, 11) is -4.01. The molecule has 2 N–H and O–H groups in total. The minimum absolute atomic E-state index is 0.0165. The van der Waals surface area contributed by atoms with E-state index in [0.717, 1.165) is 21.2 Å². The molecule has 0 bridgehead atoms. The molecule has 0 aliphatic carbocycles. The number of thiophene rings is 1. The van der Waals surface area contributed by atoms with Gasteiger partial charge in [-0.05, 0) is 34.5 Å². The quantitative estimate of drug-likeness (QED) is 0.786. The van der Waals surface area contributed by atoms with E-state index in [9.17, 15) is 18.0 Å². The molecule has 1 unspecified atom stereocenters. The molecule has 10 heteroatoms. The van der Waals surface area contributed by atoms with E-state index in [2.05, 4.69) is 21.2 Å². The average molecular weight is 383 g/mol. The molecule has 110 valence electrons. The van der Waals surface area contributed by atoms with Gasteiger partial charge >= 0.3 is 5.97 Å². The van der Waals surface area contributed by atoms with E-state index in [0.29, 0.717) is 3.79 Å². The molecular weight excluding hydrogens is 372 g/mol. The lowest BCUT2D eigenvalue weighted by Gasteiger charge is -2.31. The molecule has 7 nitrogen and oxygen atoms in total. The van der Waals surface area contributed by atoms with E-state index in [1.54, 1.807) is 6.92 Å². The van der Waals surface area contributed by atoms with Gasteiger partial charge in [-0.1, -0.05) is 0 Å². The van der Waals surface area contributed by atoms with Gasteiger partial charge in [0.2, 0.25) is 5.91 Å². The van der Waals surface area contributed by atoms with Gasteiger partial charge in [-0.3, -0.25) is 9.59 Å². The summed E-state index contributed by atoms with van der Waals surface area (Å²) in [6.45, 7) is 1.00. The number of nitrogens with one attached hydrogen (secondary N) is 1. The van der Waals surface area contributed by atoms with E-state index >= 15 is 0 Å². The summed E-state index contributed by atoms with van der Waals surface area (Å²) in [5.74, 6) is -1.81. The lowest BCUT2D eigenvalue weighted by molar-refractivity contribution is -0.143. The van der Waals surface area contributed by atoms with Gasteiger partial charge in [0.15, 0.2) is 0 Å². The predicted octanol–water partition coefficient (Wildman–Crippen LogP) is 0.393. The lowest BCUT2D eigenvalue weighted by Crippen LogP contribution is -2.59. The Balaban J connectivity index is 2.44. The minimum atomic E-state index is -4.01. The number of aryl methyl sites for hydroxylation is 1. The summed E-state index contributed by atoms with van der Waals surface area (Å²) >= 11 is 4.22. The first-order valence-electron chi connectivity index (χ1n) is 5.50. The van der Waals surface area contributed by atoms with E-state index in [1.165, 1.54) is 6.07 Å². The molecular formula is C10H11BrN2O5S2. The van der Waals surface area contributed by atoms with Crippen LogP contribution < -0.4 is 5.32 Å². The third-order valence-electron chi connectivity index (χ3n) is 2.82. The predicted molar refractivity (Wildman–Crippen MR) is 75.1 cm³/mol. The first kappa shape index (κ1) is 15.4. The Kier molecular flexibility index (Phi) is 4.19. The molecule has 1 aromatic rings. The molecule has 0 saturated carbocycles. The van der Waals surface area contributed by atoms with Crippen molar-refractivity contribution in [1.29, 1.82) is 0 Å². The number of piperazine rings is 1. The van der Waals surface area contributed by atoms with Crippen LogP contribution in [0.15, 0.2) is 14.1 Å². The molecule has 1 aliphatic rings. The molecule has 1 aromatic heterocycles. The summed E-state index contributed by atoms with van der Waals surface area (Å²) in [6, 6.07) is 0.161. The highest BCUT2D eigenvalue weighted by atomic mass is 79.9. The number of carbonyl (C=O) groups excluding carboxylic acids is 1. The van der Waals surface area contributed by atoms with E-state index in [4.69, 9.17) is 5.11 Å². The maximum Gasteiger partial charge on any atom is 0.323 e. The number of rotatable bonds is 3. The third kappa shape index (κ3) is 2.73. The first-order chi connectivity index (χ1) is 9.23. The van der Waals surface area contributed by atoms with Crippen molar-refractivity contribution in [2.24, 2.45) is 0 Å². The number of halogens is 1. The largest absolute Gasteiger partial charge is 0.480 e. The Morgan fingerprint density at radius 1 is 1.60 bits per heavy atom. The fraction of sp³-hybridized carbons (Fsp3) is 0.400. The van der Waals surface area contributed by atoms with Crippen molar-refractivity contribution in [3.8, 4) is 0 Å². The zero-order chi connectivity index (χ0) is 15.1. The zero-order valence-corrected chi connectivity index (χ0v) is 13.5. The van der Waals surface area contributed by atoms with E-state index in [1.807, 2.05) is 0 Å². The van der Waals surface area contributed by atoms with Gasteiger partial charge < -0.3 is 10.4 Å². The summed E-state index contributed by atoms with van der Waals surface area (Å²) in [4.78, 5) is 22.5. The zero-order valence-electron chi connectivity index (χ0n) is 10.3. The highest BCUT2D eigenvalue weighted by Crippen LogP contribution is 2.33. The first-order valence-corrected chi connectivity index (χ1v) is 8.55. The second-order valence-electron chi connectivity index (χ2n) is 4.23. The van der Waals surface area contributed by atoms with Gasteiger partial charge in [0, 0.05) is 6.54 Å². The molecule has 0 spiro atoms. The Morgan fingerprint density at radius 2 is 2.25 bits per heavy atom. The van der Waals surface area contributed by atoms with Crippen molar-refractivity contribution in [2.75, 3.05) is 13.1 Å². The minimum Gasteiger partial charge on any atom is -0.480 e. The number of nitrogens with zero attached hydrogens (tertiary/aromatic N) is 1. The number of aliphatic carboxylic acids is 1. The van der Waals surface area contributed by atoms with Crippen LogP contribution in [0.25, 0.3) is 0 Å². The highest BCUT2D eigenvalue weighted by molar-refractivity contribution is 9.11. The van der Waals surface area contributed by atoms with Gasteiger partial charge in [-0.15, -0.1) is 11.3 Å². The summed E-state index contributed by atoms with van der Waals surface area (Å²) in [5, 5.41) is 11.5. The topological polar surface area (TPSA) is 104 Å². The van der Waals surface area contributed by atoms with Crippen LogP contribution in [0.2, 0.25) is 0 Å². The average Bonchev–Trinajstić information content (AvgIpc) is 2.70. The van der Waals surface area contributed by atoms with Crippen LogP contribution in [0.1, 0.15) is 5.56 Å². The maximum absolute atomic E-state index is 12.5. The Hall–Kier alpha value is -0.970. The molecule has 2 rings (SSSR count). The molecule has 1 amide bonds. The molecule has 1 atom stereocenters. The molecule has 1 aliphatic heterocycles. The fourth-order valence-corrected chi connectivity index (χ4v) is 5.65. The summed E-state index contributed by atoms with van der Waals surface area (Å²) < 4.78 is 26.4. The normalized spacial score (nSPS) is 20.7. The van der Waals surface area contributed by atoms with Crippen LogP contribution in [0, 0.1) is 6.92 Å². The van der Waals surface area contributed by atoms with Gasteiger partial charge in [0.1, 0.15) is 10.3 Å². The van der Waals surface area contributed by atoms with Gasteiger partial charge in [0.25, 0.3) is 10.0 Å². The molecule has 2 heterocycles. The second-order valence-corrected chi connectivity index (χ2v) is 8.72. The lowest BCUT2D eigenvalue weighted by atomic mass is 10.2.